The van der Waals surface area contributed by atoms with Gasteiger partial charge in [0, 0.05) is 13.1 Å². The molecule has 0 radical (unpaired) electrons. The van der Waals surface area contributed by atoms with Crippen molar-refractivity contribution in [1.82, 2.24) is 20.2 Å². The molecular weight excluding hydrogens is 352 g/mol. The molecule has 1 heterocycles. The molecule has 2 rings (SSSR count). The molecule has 0 spiro atoms. The van der Waals surface area contributed by atoms with Gasteiger partial charge in [-0.15, -0.1) is 0 Å². The minimum absolute atomic E-state index is 0.184. The number of urea groups is 1. The van der Waals surface area contributed by atoms with Crippen LogP contribution in [0.5, 0.6) is 0 Å². The van der Waals surface area contributed by atoms with Gasteiger partial charge < -0.3 is 14.6 Å². The van der Waals surface area contributed by atoms with Gasteiger partial charge in [-0.1, -0.05) is 0 Å². The molecule has 1 unspecified atom stereocenters. The third-order valence-electron chi connectivity index (χ3n) is 3.89. The van der Waals surface area contributed by atoms with Crippen molar-refractivity contribution < 1.29 is 19.1 Å². The summed E-state index contributed by atoms with van der Waals surface area (Å²) in [6, 6.07) is 3.96. The van der Waals surface area contributed by atoms with Gasteiger partial charge in [-0.05, 0) is 45.9 Å². The number of fused-ring (bicyclic) bond motifs is 1. The van der Waals surface area contributed by atoms with Gasteiger partial charge in [-0.25, -0.2) is 14.6 Å². The Balaban J connectivity index is 2.20. The van der Waals surface area contributed by atoms with Crippen LogP contribution in [0.1, 0.15) is 36.8 Å². The molecule has 0 bridgehead atoms. The lowest BCUT2D eigenvalue weighted by Gasteiger charge is -2.14. The molecule has 27 heavy (non-hydrogen) atoms. The molecule has 3 amide bonds. The zero-order chi connectivity index (χ0) is 20.1. The van der Waals surface area contributed by atoms with Gasteiger partial charge in [0.25, 0.3) is 11.5 Å². The Kier molecular flexibility index (Phi) is 6.27. The number of amides is 3. The standard InChI is InChI=1S/C18H22N4O5/c1-5-19-18(26)21-15(23)11(4)27-17(25)12-7-8-14-13(9-12)20-10(3)16(24)22(14)6-2/h7-9,11H,5-6H2,1-4H3,(H2,19,21,23,26). The molecule has 2 aromatic rings. The first kappa shape index (κ1) is 20.1. The maximum Gasteiger partial charge on any atom is 0.338 e. The SMILES string of the molecule is CCNC(=O)NC(=O)C(C)OC(=O)c1ccc2c(c1)nc(C)c(=O)n2CC. The van der Waals surface area contributed by atoms with Gasteiger partial charge in [0.2, 0.25) is 0 Å². The Morgan fingerprint density at radius 1 is 1.26 bits per heavy atom. The molecule has 1 aromatic carbocycles. The normalized spacial score (nSPS) is 11.7. The molecule has 9 nitrogen and oxygen atoms in total. The lowest BCUT2D eigenvalue weighted by Crippen LogP contribution is -2.44. The first-order valence-corrected chi connectivity index (χ1v) is 8.59. The number of nitrogens with zero attached hydrogens (tertiary/aromatic N) is 2. The highest BCUT2D eigenvalue weighted by Crippen LogP contribution is 2.15. The average Bonchev–Trinajstić information content (AvgIpc) is 2.62. The Labute approximate surface area is 155 Å². The number of nitrogens with one attached hydrogen (secondary N) is 2. The maximum absolute atomic E-state index is 12.3. The van der Waals surface area contributed by atoms with Gasteiger partial charge in [0.05, 0.1) is 16.6 Å². The van der Waals surface area contributed by atoms with Crippen LogP contribution >= 0.6 is 0 Å². The van der Waals surface area contributed by atoms with Gasteiger partial charge >= 0.3 is 12.0 Å². The molecule has 1 atom stereocenters. The summed E-state index contributed by atoms with van der Waals surface area (Å²) < 4.78 is 6.67. The Morgan fingerprint density at radius 2 is 1.96 bits per heavy atom. The summed E-state index contributed by atoms with van der Waals surface area (Å²) in [5.74, 6) is -1.46. The molecule has 1 aromatic heterocycles. The van der Waals surface area contributed by atoms with Gasteiger partial charge in [0.15, 0.2) is 6.10 Å². The van der Waals surface area contributed by atoms with Crippen molar-refractivity contribution in [2.24, 2.45) is 0 Å². The monoisotopic (exact) mass is 374 g/mol. The number of esters is 1. The van der Waals surface area contributed by atoms with Crippen LogP contribution in [-0.2, 0) is 16.1 Å². The minimum atomic E-state index is -1.16. The quantitative estimate of drug-likeness (QED) is 0.757. The first-order chi connectivity index (χ1) is 12.8. The van der Waals surface area contributed by atoms with Crippen LogP contribution in [0.15, 0.2) is 23.0 Å². The van der Waals surface area contributed by atoms with E-state index < -0.39 is 24.0 Å². The van der Waals surface area contributed by atoms with Crippen LogP contribution in [-0.4, -0.2) is 40.1 Å². The number of hydrogen-bond acceptors (Lipinski definition) is 6. The number of ether oxygens (including phenoxy) is 1. The van der Waals surface area contributed by atoms with Crippen molar-refractivity contribution in [2.45, 2.75) is 40.3 Å². The number of benzene rings is 1. The number of carbonyl (C=O) groups is 3. The molecule has 0 aliphatic rings. The molecule has 0 aliphatic heterocycles. The highest BCUT2D eigenvalue weighted by Gasteiger charge is 2.21. The molecule has 0 saturated carbocycles. The molecule has 2 N–H and O–H groups in total. The van der Waals surface area contributed by atoms with Crippen LogP contribution in [0.25, 0.3) is 11.0 Å². The molecule has 0 saturated heterocycles. The lowest BCUT2D eigenvalue weighted by molar-refractivity contribution is -0.127. The van der Waals surface area contributed by atoms with Crippen molar-refractivity contribution in [2.75, 3.05) is 6.54 Å². The second kappa shape index (κ2) is 8.43. The fraction of sp³-hybridized carbons (Fsp3) is 0.389. The predicted octanol–water partition coefficient (Wildman–Crippen LogP) is 1.12. The van der Waals surface area contributed by atoms with E-state index in [0.29, 0.717) is 29.8 Å². The summed E-state index contributed by atoms with van der Waals surface area (Å²) in [7, 11) is 0. The van der Waals surface area contributed by atoms with Gasteiger partial charge in [-0.2, -0.15) is 0 Å². The van der Waals surface area contributed by atoms with Crippen LogP contribution < -0.4 is 16.2 Å². The zero-order valence-corrected chi connectivity index (χ0v) is 15.7. The fourth-order valence-corrected chi connectivity index (χ4v) is 2.52. The van der Waals surface area contributed by atoms with E-state index >= 15 is 0 Å². The second-order valence-electron chi connectivity index (χ2n) is 5.85. The van der Waals surface area contributed by atoms with Crippen LogP contribution in [0.4, 0.5) is 4.79 Å². The van der Waals surface area contributed by atoms with Crippen molar-refractivity contribution in [3.05, 3.63) is 39.8 Å². The molecule has 0 aliphatic carbocycles. The smallest absolute Gasteiger partial charge is 0.338 e. The number of imide groups is 1. The van der Waals surface area contributed by atoms with Crippen molar-refractivity contribution in [3.63, 3.8) is 0 Å². The van der Waals surface area contributed by atoms with Gasteiger partial charge in [-0.3, -0.25) is 14.9 Å². The van der Waals surface area contributed by atoms with E-state index in [2.05, 4.69) is 15.6 Å². The highest BCUT2D eigenvalue weighted by atomic mass is 16.5. The van der Waals surface area contributed by atoms with Crippen LogP contribution in [0.2, 0.25) is 0 Å². The fourth-order valence-electron chi connectivity index (χ4n) is 2.52. The number of aryl methyl sites for hydroxylation is 2. The van der Waals surface area contributed by atoms with Crippen LogP contribution in [0.3, 0.4) is 0 Å². The summed E-state index contributed by atoms with van der Waals surface area (Å²) >= 11 is 0. The van der Waals surface area contributed by atoms with E-state index in [0.717, 1.165) is 0 Å². The first-order valence-electron chi connectivity index (χ1n) is 8.59. The van der Waals surface area contributed by atoms with E-state index in [4.69, 9.17) is 4.74 Å². The lowest BCUT2D eigenvalue weighted by atomic mass is 10.2. The van der Waals surface area contributed by atoms with E-state index in [1.807, 2.05) is 6.92 Å². The largest absolute Gasteiger partial charge is 0.449 e. The van der Waals surface area contributed by atoms with Crippen LogP contribution in [0, 0.1) is 6.92 Å². The second-order valence-corrected chi connectivity index (χ2v) is 5.85. The average molecular weight is 374 g/mol. The Bertz CT molecular complexity index is 951. The van der Waals surface area contributed by atoms with E-state index in [1.165, 1.54) is 19.1 Å². The summed E-state index contributed by atoms with van der Waals surface area (Å²) in [4.78, 5) is 51.9. The summed E-state index contributed by atoms with van der Waals surface area (Å²) in [5.41, 5.74) is 1.41. The third-order valence-corrected chi connectivity index (χ3v) is 3.89. The molecular formula is C18H22N4O5. The number of carbonyl (C=O) groups excluding carboxylic acids is 3. The van der Waals surface area contributed by atoms with E-state index in [-0.39, 0.29) is 11.1 Å². The topological polar surface area (TPSA) is 119 Å². The predicted molar refractivity (Wildman–Crippen MR) is 98.5 cm³/mol. The molecule has 0 fully saturated rings. The van der Waals surface area contributed by atoms with Crippen molar-refractivity contribution in [3.8, 4) is 0 Å². The number of rotatable bonds is 5. The highest BCUT2D eigenvalue weighted by molar-refractivity contribution is 5.99. The molecule has 9 heteroatoms. The summed E-state index contributed by atoms with van der Waals surface area (Å²) in [6.07, 6.45) is -1.16. The number of hydrogen-bond donors (Lipinski definition) is 2. The Morgan fingerprint density at radius 3 is 2.59 bits per heavy atom. The van der Waals surface area contributed by atoms with E-state index in [9.17, 15) is 19.2 Å². The van der Waals surface area contributed by atoms with Gasteiger partial charge in [0.1, 0.15) is 5.69 Å². The zero-order valence-electron chi connectivity index (χ0n) is 15.7. The third kappa shape index (κ3) is 4.49. The number of aromatic nitrogens is 2. The summed E-state index contributed by atoms with van der Waals surface area (Å²) in [5, 5.41) is 4.49. The minimum Gasteiger partial charge on any atom is -0.449 e. The maximum atomic E-state index is 12.3. The van der Waals surface area contributed by atoms with E-state index in [1.54, 1.807) is 24.5 Å². The van der Waals surface area contributed by atoms with Crippen molar-refractivity contribution >= 4 is 28.9 Å². The summed E-state index contributed by atoms with van der Waals surface area (Å²) in [6.45, 7) is 7.36. The van der Waals surface area contributed by atoms with Crippen molar-refractivity contribution in [1.29, 1.82) is 0 Å². The molecule has 144 valence electrons. The Hall–Kier alpha value is -3.23.